The first-order chi connectivity index (χ1) is 12.5. The summed E-state index contributed by atoms with van der Waals surface area (Å²) in [5.74, 6) is 0.266. The standard InChI is InChI=1S/C22H20N4/c1-17(2)18-5-3-11-21(13-23,14-24)19-7-9-20(10-8-19)22(15-25,16-26)12-4-6-18/h3,5-10,17H,4,11-12H2,1-2H3/b5-3+,18-6+. The van der Waals surface area contributed by atoms with Gasteiger partial charge in [-0.25, -0.2) is 0 Å². The van der Waals surface area contributed by atoms with Gasteiger partial charge in [-0.2, -0.15) is 21.0 Å². The summed E-state index contributed by atoms with van der Waals surface area (Å²) in [6.07, 6.45) is 7.13. The van der Waals surface area contributed by atoms with Crippen LogP contribution in [0.15, 0.2) is 48.1 Å². The van der Waals surface area contributed by atoms with Crippen LogP contribution in [0.3, 0.4) is 0 Å². The SMILES string of the molecule is CC(C)C1=C/CCC(C#N)(C#N)c2ccc(cc2)C(C#N)(C#N)C\C=C\1. The van der Waals surface area contributed by atoms with Crippen LogP contribution in [0, 0.1) is 51.2 Å². The molecule has 0 aliphatic heterocycles. The highest BCUT2D eigenvalue weighted by atomic mass is 14.4. The summed E-state index contributed by atoms with van der Waals surface area (Å²) in [7, 11) is 0. The van der Waals surface area contributed by atoms with Crippen LogP contribution in [0.4, 0.5) is 0 Å². The van der Waals surface area contributed by atoms with Gasteiger partial charge < -0.3 is 0 Å². The van der Waals surface area contributed by atoms with E-state index < -0.39 is 10.8 Å². The van der Waals surface area contributed by atoms with Crippen LogP contribution in [0.1, 0.15) is 44.2 Å². The monoisotopic (exact) mass is 340 g/mol. The first-order valence-corrected chi connectivity index (χ1v) is 8.59. The fraction of sp³-hybridized carbons (Fsp3) is 0.364. The zero-order valence-corrected chi connectivity index (χ0v) is 15.0. The minimum Gasteiger partial charge on any atom is -0.196 e. The number of hydrogen-bond acceptors (Lipinski definition) is 4. The lowest BCUT2D eigenvalue weighted by molar-refractivity contribution is 0.630. The van der Waals surface area contributed by atoms with Gasteiger partial charge >= 0.3 is 0 Å². The molecule has 4 heteroatoms. The highest BCUT2D eigenvalue weighted by Crippen LogP contribution is 2.34. The Morgan fingerprint density at radius 3 is 1.81 bits per heavy atom. The molecule has 2 bridgehead atoms. The van der Waals surface area contributed by atoms with Crippen LogP contribution in [0.2, 0.25) is 0 Å². The Hall–Kier alpha value is -3.34. The normalized spacial score (nSPS) is 21.3. The van der Waals surface area contributed by atoms with Crippen molar-refractivity contribution in [1.29, 1.82) is 21.0 Å². The van der Waals surface area contributed by atoms with E-state index in [0.29, 0.717) is 24.0 Å². The molecule has 0 saturated heterocycles. The largest absolute Gasteiger partial charge is 0.196 e. The summed E-state index contributed by atoms with van der Waals surface area (Å²) in [5, 5.41) is 38.7. The van der Waals surface area contributed by atoms with Crippen molar-refractivity contribution in [2.24, 2.45) is 5.92 Å². The van der Waals surface area contributed by atoms with E-state index >= 15 is 0 Å². The first kappa shape index (κ1) is 19.0. The molecular weight excluding hydrogens is 320 g/mol. The fourth-order valence-electron chi connectivity index (χ4n) is 3.14. The van der Waals surface area contributed by atoms with Crippen molar-refractivity contribution in [3.05, 3.63) is 59.2 Å². The quantitative estimate of drug-likeness (QED) is 0.747. The fourth-order valence-corrected chi connectivity index (χ4v) is 3.14. The zero-order chi connectivity index (χ0) is 19.2. The van der Waals surface area contributed by atoms with E-state index in [1.807, 2.05) is 18.2 Å². The number of nitrogens with zero attached hydrogens (tertiary/aromatic N) is 4. The second-order valence-corrected chi connectivity index (χ2v) is 6.84. The molecule has 0 radical (unpaired) electrons. The van der Waals surface area contributed by atoms with Crippen LogP contribution in [-0.4, -0.2) is 0 Å². The highest BCUT2D eigenvalue weighted by molar-refractivity contribution is 5.47. The van der Waals surface area contributed by atoms with E-state index in [9.17, 15) is 21.0 Å². The Bertz CT molecular complexity index is 862. The van der Waals surface area contributed by atoms with E-state index in [2.05, 4.69) is 38.1 Å². The number of fused-ring (bicyclic) bond motifs is 8. The van der Waals surface area contributed by atoms with E-state index in [0.717, 1.165) is 5.57 Å². The van der Waals surface area contributed by atoms with Crippen LogP contribution in [-0.2, 0) is 10.8 Å². The number of benzene rings is 1. The number of hydrogen-bond donors (Lipinski definition) is 0. The molecule has 0 N–H and O–H groups in total. The predicted octanol–water partition coefficient (Wildman–Crippen LogP) is 4.58. The lowest BCUT2D eigenvalue weighted by Crippen LogP contribution is -2.23. The average molecular weight is 340 g/mol. The molecule has 128 valence electrons. The summed E-state index contributed by atoms with van der Waals surface area (Å²) >= 11 is 0. The van der Waals surface area contributed by atoms with Crippen LogP contribution in [0.5, 0.6) is 0 Å². The molecule has 0 fully saturated rings. The van der Waals surface area contributed by atoms with Gasteiger partial charge in [0.05, 0.1) is 24.3 Å². The third-order valence-corrected chi connectivity index (χ3v) is 4.93. The zero-order valence-electron chi connectivity index (χ0n) is 15.0. The predicted molar refractivity (Wildman–Crippen MR) is 98.2 cm³/mol. The molecule has 1 aromatic carbocycles. The Balaban J connectivity index is 2.67. The molecule has 4 nitrogen and oxygen atoms in total. The molecule has 3 rings (SSSR count). The molecule has 1 aromatic rings. The maximum absolute atomic E-state index is 9.68. The smallest absolute Gasteiger partial charge is 0.172 e. The Kier molecular flexibility index (Phi) is 5.62. The lowest BCUT2D eigenvalue weighted by Gasteiger charge is -2.21. The summed E-state index contributed by atoms with van der Waals surface area (Å²) in [6.45, 7) is 4.13. The average Bonchev–Trinajstić information content (AvgIpc) is 2.69. The van der Waals surface area contributed by atoms with Gasteiger partial charge in [-0.05, 0) is 35.5 Å². The van der Waals surface area contributed by atoms with E-state index in [1.165, 1.54) is 0 Å². The van der Waals surface area contributed by atoms with Gasteiger partial charge in [-0.15, -0.1) is 0 Å². The maximum atomic E-state index is 9.68. The molecule has 2 aliphatic rings. The lowest BCUT2D eigenvalue weighted by atomic mass is 9.76. The number of allylic oxidation sites excluding steroid dienone is 4. The van der Waals surface area contributed by atoms with Gasteiger partial charge in [0.25, 0.3) is 0 Å². The van der Waals surface area contributed by atoms with Gasteiger partial charge in [-0.1, -0.05) is 56.3 Å². The van der Waals surface area contributed by atoms with Crippen molar-refractivity contribution in [3.63, 3.8) is 0 Å². The number of rotatable bonds is 1. The Labute approximate surface area is 154 Å². The summed E-state index contributed by atoms with van der Waals surface area (Å²) < 4.78 is 0. The summed E-state index contributed by atoms with van der Waals surface area (Å²) in [6, 6.07) is 15.4. The summed E-state index contributed by atoms with van der Waals surface area (Å²) in [4.78, 5) is 0. The minimum atomic E-state index is -1.28. The van der Waals surface area contributed by atoms with Crippen LogP contribution in [0.25, 0.3) is 0 Å². The molecular formula is C22H20N4. The molecule has 0 unspecified atom stereocenters. The molecule has 0 amide bonds. The van der Waals surface area contributed by atoms with Gasteiger partial charge in [0.1, 0.15) is 0 Å². The highest BCUT2D eigenvalue weighted by Gasteiger charge is 2.35. The molecule has 0 heterocycles. The van der Waals surface area contributed by atoms with Gasteiger partial charge in [0, 0.05) is 6.42 Å². The van der Waals surface area contributed by atoms with Crippen LogP contribution >= 0.6 is 0 Å². The second kappa shape index (κ2) is 7.70. The molecule has 0 spiro atoms. The maximum Gasteiger partial charge on any atom is 0.172 e. The van der Waals surface area contributed by atoms with Gasteiger partial charge in [0.2, 0.25) is 0 Å². The van der Waals surface area contributed by atoms with E-state index in [1.54, 1.807) is 24.3 Å². The van der Waals surface area contributed by atoms with Crippen LogP contribution < -0.4 is 0 Å². The minimum absolute atomic E-state index is 0.266. The van der Waals surface area contributed by atoms with Crippen molar-refractivity contribution in [2.45, 2.75) is 43.9 Å². The third kappa shape index (κ3) is 3.37. The van der Waals surface area contributed by atoms with Gasteiger partial charge in [0.15, 0.2) is 10.8 Å². The van der Waals surface area contributed by atoms with Gasteiger partial charge in [-0.3, -0.25) is 0 Å². The molecule has 2 aliphatic carbocycles. The molecule has 0 aromatic heterocycles. The topological polar surface area (TPSA) is 95.2 Å². The first-order valence-electron chi connectivity index (χ1n) is 8.59. The van der Waals surface area contributed by atoms with E-state index in [-0.39, 0.29) is 12.3 Å². The summed E-state index contributed by atoms with van der Waals surface area (Å²) in [5.41, 5.74) is -0.274. The van der Waals surface area contributed by atoms with E-state index in [4.69, 9.17) is 0 Å². The van der Waals surface area contributed by atoms with Crippen molar-refractivity contribution < 1.29 is 0 Å². The molecule has 0 saturated carbocycles. The molecule has 0 atom stereocenters. The van der Waals surface area contributed by atoms with Crippen molar-refractivity contribution >= 4 is 0 Å². The third-order valence-electron chi connectivity index (χ3n) is 4.93. The Morgan fingerprint density at radius 1 is 0.846 bits per heavy atom. The van der Waals surface area contributed by atoms with Crippen molar-refractivity contribution in [3.8, 4) is 24.3 Å². The number of nitriles is 4. The molecule has 26 heavy (non-hydrogen) atoms. The Morgan fingerprint density at radius 2 is 1.35 bits per heavy atom. The second-order valence-electron chi connectivity index (χ2n) is 6.84. The van der Waals surface area contributed by atoms with Crippen molar-refractivity contribution in [2.75, 3.05) is 0 Å². The van der Waals surface area contributed by atoms with Crippen molar-refractivity contribution in [1.82, 2.24) is 0 Å².